The van der Waals surface area contributed by atoms with Crippen molar-refractivity contribution in [2.45, 2.75) is 125 Å². The number of rotatable bonds is 11. The third-order valence-corrected chi connectivity index (χ3v) is 68.4. The Balaban J connectivity index is 0.753. The molecule has 0 aromatic heterocycles. The molecule has 0 N–H and O–H groups in total. The molecule has 0 aliphatic carbocycles. The summed E-state index contributed by atoms with van der Waals surface area (Å²) in [6, 6.07) is 0. The van der Waals surface area contributed by atoms with E-state index in [2.05, 4.69) is 40.8 Å². The van der Waals surface area contributed by atoms with Gasteiger partial charge in [-0.25, -0.2) is 0 Å². The Bertz CT molecular complexity index is 1260. The summed E-state index contributed by atoms with van der Waals surface area (Å²) >= 11 is 0. The van der Waals surface area contributed by atoms with E-state index in [1.165, 1.54) is 70.8 Å². The molecule has 1 spiro atoms. The van der Waals surface area contributed by atoms with Crippen molar-refractivity contribution < 1.29 is 15.7 Å². The van der Waals surface area contributed by atoms with Crippen LogP contribution in [0.2, 0.25) is 65.3 Å². The second-order valence-electron chi connectivity index (χ2n) is 16.5. The molecule has 10 rings (SSSR count). The van der Waals surface area contributed by atoms with Crippen molar-refractivity contribution in [2.24, 2.45) is 0 Å². The Morgan fingerprint density at radius 3 is 1.76 bits per heavy atom. The molecule has 0 aromatic carbocycles. The number of ether oxygens (including phenoxy) is 1. The van der Waals surface area contributed by atoms with Crippen molar-refractivity contribution in [3.8, 4) is 0 Å². The summed E-state index contributed by atoms with van der Waals surface area (Å²) in [5, 5.41) is 0.339. The summed E-state index contributed by atoms with van der Waals surface area (Å²) in [6.07, 6.45) is 6.77. The van der Waals surface area contributed by atoms with Gasteiger partial charge in [0.25, 0.3) is 0 Å². The van der Waals surface area contributed by atoms with Gasteiger partial charge in [0.1, 0.15) is 0 Å². The predicted octanol–water partition coefficient (Wildman–Crippen LogP) is 8.12. The van der Waals surface area contributed by atoms with Crippen molar-refractivity contribution in [2.75, 3.05) is 19.8 Å². The summed E-state index contributed by atoms with van der Waals surface area (Å²) in [5.74, 6) is 0. The monoisotopic (exact) mass is 458 g/mol. The molecule has 0 saturated carbocycles. The molecule has 8 unspecified atom stereocenters. The Morgan fingerprint density at radius 1 is 0.793 bits per heavy atom. The van der Waals surface area contributed by atoms with Crippen LogP contribution in [0.15, 0.2) is 0 Å². The standard InChI is InChI=1S/C18H33O2Si.C7H9.Fe/c1-18(2,3)21(4,5)20-15-11-7-6-10-14-19-16-17-12-8-9-13-17;1-2-7-5-3-4-6-7;/h8-9,12-13H,6-7,10-11,14-16H2,1-5H3;3-6H,2H2,1H3;. The number of hydrogen-bond acceptors (Lipinski definition) is 2. The van der Waals surface area contributed by atoms with Gasteiger partial charge >= 0.3 is 148 Å². The van der Waals surface area contributed by atoms with Crippen molar-refractivity contribution in [3.63, 3.8) is 0 Å². The molecule has 0 radical (unpaired) electrons. The van der Waals surface area contributed by atoms with Crippen LogP contribution in [-0.2, 0) is 15.7 Å². The van der Waals surface area contributed by atoms with Gasteiger partial charge in [-0.15, -0.1) is 0 Å². The second-order valence-corrected chi connectivity index (χ2v) is 44.8. The summed E-state index contributed by atoms with van der Waals surface area (Å²) in [7, 11) is -1.55. The minimum atomic E-state index is -3.05. The first-order valence-electron chi connectivity index (χ1n) is 12.9. The van der Waals surface area contributed by atoms with E-state index in [0.29, 0.717) is 5.04 Å². The summed E-state index contributed by atoms with van der Waals surface area (Å²) in [5.41, 5.74) is 0. The summed E-state index contributed by atoms with van der Waals surface area (Å²) < 4.78 is 14.9. The fourth-order valence-corrected chi connectivity index (χ4v) is 99.6. The van der Waals surface area contributed by atoms with E-state index in [-0.39, 0.29) is 0 Å². The van der Waals surface area contributed by atoms with Crippen LogP contribution in [0.4, 0.5) is 0 Å². The molecule has 10 aliphatic rings. The van der Waals surface area contributed by atoms with Crippen LogP contribution in [0.5, 0.6) is 0 Å². The first kappa shape index (κ1) is 16.3. The van der Waals surface area contributed by atoms with Crippen molar-refractivity contribution in [3.05, 3.63) is 0 Å². The SMILES string of the molecule is CC[C]12[CH]3[CH]4[CH]5[CH]1[Fe]45321678[CH]2[CH]1[CH]6[C]7(COCCCCCCO[Si](C)(C)C(C)(C)C)[CH]28. The molecule has 4 heteroatoms. The van der Waals surface area contributed by atoms with Gasteiger partial charge in [0, 0.05) is 0 Å². The van der Waals surface area contributed by atoms with Crippen LogP contribution in [0.3, 0.4) is 0 Å². The number of hydrogen-bond donors (Lipinski definition) is 0. The molecule has 166 valence electrons. The van der Waals surface area contributed by atoms with Gasteiger partial charge in [-0.05, 0) is 0 Å². The zero-order valence-corrected chi connectivity index (χ0v) is 21.5. The van der Waals surface area contributed by atoms with E-state index >= 15 is 0 Å². The van der Waals surface area contributed by atoms with Crippen molar-refractivity contribution in [1.29, 1.82) is 0 Å². The van der Waals surface area contributed by atoms with Gasteiger partial charge in [0.15, 0.2) is 0 Å². The topological polar surface area (TPSA) is 18.5 Å². The Labute approximate surface area is 168 Å². The van der Waals surface area contributed by atoms with Crippen molar-refractivity contribution in [1.82, 2.24) is 0 Å². The maximum absolute atomic E-state index is 6.56. The fraction of sp³-hybridized carbons (Fsp3) is 1.00. The van der Waals surface area contributed by atoms with Crippen LogP contribution in [-0.4, -0.2) is 28.1 Å². The Hall–Kier alpha value is 0.656. The van der Waals surface area contributed by atoms with Crippen LogP contribution >= 0.6 is 0 Å². The summed E-state index contributed by atoms with van der Waals surface area (Å²) in [6.45, 7) is 14.6. The van der Waals surface area contributed by atoms with Crippen LogP contribution < -0.4 is 0 Å². The maximum atomic E-state index is 6.56. The Morgan fingerprint density at radius 2 is 1.31 bits per heavy atom. The zero-order chi connectivity index (χ0) is 20.0. The first-order valence-corrected chi connectivity index (χ1v) is 22.0. The van der Waals surface area contributed by atoms with Gasteiger partial charge < -0.3 is 0 Å². The average molecular weight is 459 g/mol. The van der Waals surface area contributed by atoms with E-state index < -0.39 is 14.8 Å². The van der Waals surface area contributed by atoms with E-state index in [0.717, 1.165) is 21.8 Å². The zero-order valence-electron chi connectivity index (χ0n) is 19.4. The predicted molar refractivity (Wildman–Crippen MR) is 118 cm³/mol. The van der Waals surface area contributed by atoms with Crippen LogP contribution in [0.25, 0.3) is 0 Å². The molecule has 0 bridgehead atoms. The van der Waals surface area contributed by atoms with E-state index in [1.807, 2.05) is 0 Å². The average Bonchev–Trinajstić information content (AvgIpc) is 3.59. The molecule has 8 atom stereocenters. The molecule has 10 fully saturated rings. The fourth-order valence-electron chi connectivity index (χ4n) is 20.3. The second kappa shape index (κ2) is 2.04. The normalized spacial score (nSPS) is 78.7. The molecule has 10 saturated heterocycles. The van der Waals surface area contributed by atoms with Gasteiger partial charge in [-0.1, -0.05) is 20.8 Å². The van der Waals surface area contributed by atoms with Gasteiger partial charge in [-0.2, -0.15) is 0 Å². The molecule has 0 amide bonds. The van der Waals surface area contributed by atoms with Gasteiger partial charge in [-0.3, -0.25) is 0 Å². The van der Waals surface area contributed by atoms with E-state index in [9.17, 15) is 0 Å². The molecule has 10 heterocycles. The minimum absolute atomic E-state index is 0.339. The third-order valence-electron chi connectivity index (χ3n) is 19.7. The molecule has 0 aromatic rings. The molecular formula is C25H42FeO2Si. The number of unbranched alkanes of at least 4 members (excludes halogenated alkanes) is 3. The Kier molecular flexibility index (Phi) is 1.15. The van der Waals surface area contributed by atoms with Gasteiger partial charge in [0.05, 0.1) is 0 Å². The molecule has 2 nitrogen and oxygen atoms in total. The van der Waals surface area contributed by atoms with Crippen LogP contribution in [0, 0.1) is 0 Å². The van der Waals surface area contributed by atoms with Crippen LogP contribution in [0.1, 0.15) is 59.8 Å². The molecule has 10 aliphatic heterocycles. The molecule has 29 heavy (non-hydrogen) atoms. The molecular weight excluding hydrogens is 416 g/mol. The van der Waals surface area contributed by atoms with Crippen molar-refractivity contribution >= 4 is 8.32 Å². The van der Waals surface area contributed by atoms with E-state index in [1.54, 1.807) is 6.42 Å². The van der Waals surface area contributed by atoms with Gasteiger partial charge in [0.2, 0.25) is 0 Å². The quantitative estimate of drug-likeness (QED) is 0.230. The van der Waals surface area contributed by atoms with E-state index in [4.69, 9.17) is 9.16 Å². The third kappa shape index (κ3) is 0.319. The summed E-state index contributed by atoms with van der Waals surface area (Å²) in [4.78, 5) is 11.3. The first-order chi connectivity index (χ1) is 13.4. The number of fused-ring (bicyclic) bond motifs is 10.